The first-order valence-electron chi connectivity index (χ1n) is 6.50. The Morgan fingerprint density at radius 3 is 2.44 bits per heavy atom. The molecule has 10 heteroatoms. The van der Waals surface area contributed by atoms with Crippen LogP contribution in [0.3, 0.4) is 0 Å². The van der Waals surface area contributed by atoms with Gasteiger partial charge in [-0.25, -0.2) is 0 Å². The van der Waals surface area contributed by atoms with Crippen LogP contribution in [0.5, 0.6) is 0 Å². The van der Waals surface area contributed by atoms with E-state index in [1.165, 1.54) is 6.07 Å². The Morgan fingerprint density at radius 1 is 1.20 bits per heavy atom. The Balaban J connectivity index is 2.34. The van der Waals surface area contributed by atoms with E-state index in [2.05, 4.69) is 5.32 Å². The summed E-state index contributed by atoms with van der Waals surface area (Å²) in [6.07, 6.45) is -4.81. The first kappa shape index (κ1) is 17.9. The SMILES string of the molecule is N#Cc1ccc(NC(=O)c2ccc(F)c([N+](=O)[O-])c2)cc1C(F)(F)F. The predicted molar refractivity (Wildman–Crippen MR) is 77.2 cm³/mol. The van der Waals surface area contributed by atoms with Crippen molar-refractivity contribution in [2.45, 2.75) is 6.18 Å². The van der Waals surface area contributed by atoms with E-state index in [1.54, 1.807) is 0 Å². The third kappa shape index (κ3) is 3.89. The van der Waals surface area contributed by atoms with Crippen molar-refractivity contribution in [3.8, 4) is 6.07 Å². The number of nitro benzene ring substituents is 1. The fraction of sp³-hybridized carbons (Fsp3) is 0.0667. The lowest BCUT2D eigenvalue weighted by Gasteiger charge is -2.11. The molecule has 2 aromatic carbocycles. The minimum absolute atomic E-state index is 0.275. The number of nitrogens with zero attached hydrogens (tertiary/aromatic N) is 2. The second-order valence-corrected chi connectivity index (χ2v) is 4.75. The molecule has 0 saturated heterocycles. The molecule has 0 spiro atoms. The Morgan fingerprint density at radius 2 is 1.88 bits per heavy atom. The van der Waals surface area contributed by atoms with Crippen molar-refractivity contribution in [3.05, 3.63) is 69.0 Å². The molecule has 1 amide bonds. The van der Waals surface area contributed by atoms with Gasteiger partial charge in [0, 0.05) is 17.3 Å². The van der Waals surface area contributed by atoms with E-state index < -0.39 is 39.6 Å². The zero-order valence-electron chi connectivity index (χ0n) is 12.1. The van der Waals surface area contributed by atoms with Gasteiger partial charge in [-0.1, -0.05) is 0 Å². The van der Waals surface area contributed by atoms with Crippen LogP contribution in [0.1, 0.15) is 21.5 Å². The fourth-order valence-electron chi connectivity index (χ4n) is 1.95. The van der Waals surface area contributed by atoms with Crippen LogP contribution in [0, 0.1) is 27.3 Å². The lowest BCUT2D eigenvalue weighted by molar-refractivity contribution is -0.387. The second kappa shape index (κ2) is 6.56. The van der Waals surface area contributed by atoms with Gasteiger partial charge in [0.05, 0.1) is 22.1 Å². The van der Waals surface area contributed by atoms with E-state index in [4.69, 9.17) is 5.26 Å². The number of carbonyl (C=O) groups is 1. The highest BCUT2D eigenvalue weighted by Crippen LogP contribution is 2.33. The number of nitro groups is 1. The molecule has 1 N–H and O–H groups in total. The zero-order valence-corrected chi connectivity index (χ0v) is 12.1. The monoisotopic (exact) mass is 353 g/mol. The molecule has 0 aliphatic carbocycles. The molecule has 2 rings (SSSR count). The van der Waals surface area contributed by atoms with Crippen molar-refractivity contribution >= 4 is 17.3 Å². The number of nitrogens with one attached hydrogen (secondary N) is 1. The first-order valence-corrected chi connectivity index (χ1v) is 6.50. The van der Waals surface area contributed by atoms with Crippen LogP contribution in [0.2, 0.25) is 0 Å². The van der Waals surface area contributed by atoms with Crippen LogP contribution < -0.4 is 5.32 Å². The molecule has 0 saturated carbocycles. The second-order valence-electron chi connectivity index (χ2n) is 4.75. The standard InChI is InChI=1S/C15H7F4N3O3/c16-12-4-2-8(5-13(12)22(24)25)14(23)21-10-3-1-9(7-20)11(6-10)15(17,18)19/h1-6H,(H,21,23). The van der Waals surface area contributed by atoms with Crippen molar-refractivity contribution in [1.82, 2.24) is 0 Å². The summed E-state index contributed by atoms with van der Waals surface area (Å²) in [5, 5.41) is 21.5. The average Bonchev–Trinajstić information content (AvgIpc) is 2.54. The molecular weight excluding hydrogens is 346 g/mol. The van der Waals surface area contributed by atoms with Gasteiger partial charge in [-0.15, -0.1) is 0 Å². The maximum absolute atomic E-state index is 13.2. The van der Waals surface area contributed by atoms with E-state index in [-0.39, 0.29) is 11.3 Å². The molecule has 0 aliphatic rings. The van der Waals surface area contributed by atoms with Gasteiger partial charge < -0.3 is 5.32 Å². The number of benzene rings is 2. The number of hydrogen-bond acceptors (Lipinski definition) is 4. The molecule has 0 heterocycles. The van der Waals surface area contributed by atoms with Crippen LogP contribution in [0.15, 0.2) is 36.4 Å². The number of nitriles is 1. The molecule has 0 aromatic heterocycles. The third-order valence-electron chi connectivity index (χ3n) is 3.11. The number of anilines is 1. The van der Waals surface area contributed by atoms with Crippen LogP contribution in [-0.2, 0) is 6.18 Å². The summed E-state index contributed by atoms with van der Waals surface area (Å²) in [5.41, 5.74) is -3.39. The smallest absolute Gasteiger partial charge is 0.322 e. The van der Waals surface area contributed by atoms with Crippen LogP contribution in [0.4, 0.5) is 28.9 Å². The Bertz CT molecular complexity index is 904. The first-order chi connectivity index (χ1) is 11.6. The number of rotatable bonds is 3. The molecular formula is C15H7F4N3O3. The summed E-state index contributed by atoms with van der Waals surface area (Å²) >= 11 is 0. The van der Waals surface area contributed by atoms with Crippen LogP contribution in [-0.4, -0.2) is 10.8 Å². The van der Waals surface area contributed by atoms with Crippen molar-refractivity contribution in [3.63, 3.8) is 0 Å². The van der Waals surface area contributed by atoms with Gasteiger partial charge in [-0.2, -0.15) is 22.8 Å². The van der Waals surface area contributed by atoms with E-state index in [1.807, 2.05) is 0 Å². The molecule has 6 nitrogen and oxygen atoms in total. The molecule has 128 valence electrons. The van der Waals surface area contributed by atoms with Gasteiger partial charge in [0.1, 0.15) is 0 Å². The quantitative estimate of drug-likeness (QED) is 0.514. The minimum Gasteiger partial charge on any atom is -0.322 e. The van der Waals surface area contributed by atoms with Crippen molar-refractivity contribution in [2.24, 2.45) is 0 Å². The fourth-order valence-corrected chi connectivity index (χ4v) is 1.95. The van der Waals surface area contributed by atoms with Gasteiger partial charge in [-0.05, 0) is 30.3 Å². The highest BCUT2D eigenvalue weighted by molar-refractivity contribution is 6.04. The summed E-state index contributed by atoms with van der Waals surface area (Å²) < 4.78 is 51.9. The van der Waals surface area contributed by atoms with E-state index >= 15 is 0 Å². The number of hydrogen-bond donors (Lipinski definition) is 1. The number of carbonyl (C=O) groups excluding carboxylic acids is 1. The lowest BCUT2D eigenvalue weighted by atomic mass is 10.1. The summed E-state index contributed by atoms with van der Waals surface area (Å²) in [5.74, 6) is -2.12. The maximum atomic E-state index is 13.2. The maximum Gasteiger partial charge on any atom is 0.417 e. The zero-order chi connectivity index (χ0) is 18.8. The Labute approximate surface area is 137 Å². The highest BCUT2D eigenvalue weighted by atomic mass is 19.4. The normalized spacial score (nSPS) is 10.8. The molecule has 2 aromatic rings. The molecule has 0 aliphatic heterocycles. The largest absolute Gasteiger partial charge is 0.417 e. The number of amides is 1. The molecule has 0 radical (unpaired) electrons. The van der Waals surface area contributed by atoms with E-state index in [0.29, 0.717) is 18.2 Å². The Hall–Kier alpha value is -3.48. The third-order valence-corrected chi connectivity index (χ3v) is 3.11. The Kier molecular flexibility index (Phi) is 4.69. The van der Waals surface area contributed by atoms with Crippen LogP contribution in [0.25, 0.3) is 0 Å². The van der Waals surface area contributed by atoms with Gasteiger partial charge >= 0.3 is 11.9 Å². The minimum atomic E-state index is -4.81. The van der Waals surface area contributed by atoms with Gasteiger partial charge in [0.25, 0.3) is 5.91 Å². The summed E-state index contributed by atoms with van der Waals surface area (Å²) in [6.45, 7) is 0. The van der Waals surface area contributed by atoms with E-state index in [9.17, 15) is 32.5 Å². The lowest BCUT2D eigenvalue weighted by Crippen LogP contribution is -2.14. The highest BCUT2D eigenvalue weighted by Gasteiger charge is 2.34. The summed E-state index contributed by atoms with van der Waals surface area (Å²) in [7, 11) is 0. The summed E-state index contributed by atoms with van der Waals surface area (Å²) in [4.78, 5) is 21.6. The van der Waals surface area contributed by atoms with Gasteiger partial charge in [0.2, 0.25) is 5.82 Å². The number of alkyl halides is 3. The average molecular weight is 353 g/mol. The van der Waals surface area contributed by atoms with Gasteiger partial charge in [0.15, 0.2) is 0 Å². The molecule has 0 unspecified atom stereocenters. The molecule has 0 atom stereocenters. The van der Waals surface area contributed by atoms with E-state index in [0.717, 1.165) is 18.2 Å². The van der Waals surface area contributed by atoms with Crippen LogP contribution >= 0.6 is 0 Å². The van der Waals surface area contributed by atoms with Crippen molar-refractivity contribution < 1.29 is 27.3 Å². The number of halogens is 4. The molecule has 0 bridgehead atoms. The summed E-state index contributed by atoms with van der Waals surface area (Å²) in [6, 6.07) is 6.23. The van der Waals surface area contributed by atoms with Gasteiger partial charge in [-0.3, -0.25) is 14.9 Å². The molecule has 25 heavy (non-hydrogen) atoms. The van der Waals surface area contributed by atoms with Crippen molar-refractivity contribution in [1.29, 1.82) is 5.26 Å². The molecule has 0 fully saturated rings. The topological polar surface area (TPSA) is 96.0 Å². The predicted octanol–water partition coefficient (Wildman–Crippen LogP) is 3.88. The van der Waals surface area contributed by atoms with Crippen molar-refractivity contribution in [2.75, 3.05) is 5.32 Å².